The highest BCUT2D eigenvalue weighted by Gasteiger charge is 2.20. The minimum absolute atomic E-state index is 0.0934. The maximum absolute atomic E-state index is 12.5. The van der Waals surface area contributed by atoms with E-state index in [1.807, 2.05) is 12.1 Å². The van der Waals surface area contributed by atoms with Gasteiger partial charge in [0.15, 0.2) is 5.78 Å². The van der Waals surface area contributed by atoms with Crippen molar-refractivity contribution in [3.05, 3.63) is 29.8 Å². The third kappa shape index (κ3) is 4.19. The molecule has 1 amide bonds. The molecule has 0 aliphatic heterocycles. The van der Waals surface area contributed by atoms with Gasteiger partial charge in [-0.1, -0.05) is 32.1 Å². The molecule has 1 aromatic carbocycles. The summed E-state index contributed by atoms with van der Waals surface area (Å²) >= 11 is 0. The van der Waals surface area contributed by atoms with Crippen molar-refractivity contribution in [2.24, 2.45) is 5.92 Å². The predicted molar refractivity (Wildman–Crippen MR) is 80.9 cm³/mol. The van der Waals surface area contributed by atoms with Gasteiger partial charge in [0.25, 0.3) is 0 Å². The fraction of sp³-hybridized carbons (Fsp3) is 0.529. The van der Waals surface area contributed by atoms with Gasteiger partial charge >= 0.3 is 0 Å². The predicted octanol–water partition coefficient (Wildman–Crippen LogP) is 4.19. The van der Waals surface area contributed by atoms with Crippen molar-refractivity contribution in [1.29, 1.82) is 0 Å². The SMILES string of the molecule is CC(=O)Nc1ccc(C(=O)C2CCCCCCC2)cc1. The molecule has 0 atom stereocenters. The van der Waals surface area contributed by atoms with Crippen molar-refractivity contribution in [3.63, 3.8) is 0 Å². The highest BCUT2D eigenvalue weighted by molar-refractivity contribution is 5.98. The van der Waals surface area contributed by atoms with Crippen LogP contribution in [0.3, 0.4) is 0 Å². The van der Waals surface area contributed by atoms with Crippen LogP contribution in [0.25, 0.3) is 0 Å². The second kappa shape index (κ2) is 7.22. The van der Waals surface area contributed by atoms with Crippen molar-refractivity contribution in [1.82, 2.24) is 0 Å². The molecule has 3 nitrogen and oxygen atoms in total. The van der Waals surface area contributed by atoms with Crippen LogP contribution in [0, 0.1) is 5.92 Å². The van der Waals surface area contributed by atoms with E-state index in [4.69, 9.17) is 0 Å². The molecule has 1 aliphatic carbocycles. The molecule has 1 saturated carbocycles. The molecule has 0 unspecified atom stereocenters. The maximum Gasteiger partial charge on any atom is 0.221 e. The summed E-state index contributed by atoms with van der Waals surface area (Å²) < 4.78 is 0. The molecule has 0 radical (unpaired) electrons. The topological polar surface area (TPSA) is 46.2 Å². The Morgan fingerprint density at radius 3 is 2.05 bits per heavy atom. The fourth-order valence-corrected chi connectivity index (χ4v) is 2.88. The number of rotatable bonds is 3. The number of hydrogen-bond acceptors (Lipinski definition) is 2. The summed E-state index contributed by atoms with van der Waals surface area (Å²) in [6.45, 7) is 1.48. The fourth-order valence-electron chi connectivity index (χ4n) is 2.88. The molecule has 1 aliphatic rings. The molecule has 0 aromatic heterocycles. The van der Waals surface area contributed by atoms with Gasteiger partial charge in [0, 0.05) is 24.1 Å². The molecule has 0 spiro atoms. The third-order valence-electron chi connectivity index (χ3n) is 3.97. The zero-order valence-electron chi connectivity index (χ0n) is 12.2. The number of ketones is 1. The minimum Gasteiger partial charge on any atom is -0.326 e. The third-order valence-corrected chi connectivity index (χ3v) is 3.97. The van der Waals surface area contributed by atoms with Crippen LogP contribution < -0.4 is 5.32 Å². The molecular weight excluding hydrogens is 250 g/mol. The number of carbonyl (C=O) groups excluding carboxylic acids is 2. The molecule has 1 aromatic rings. The Morgan fingerprint density at radius 1 is 0.950 bits per heavy atom. The lowest BCUT2D eigenvalue weighted by Gasteiger charge is -2.18. The molecular formula is C17H23NO2. The lowest BCUT2D eigenvalue weighted by molar-refractivity contribution is -0.114. The number of benzene rings is 1. The lowest BCUT2D eigenvalue weighted by atomic mass is 9.85. The van der Waals surface area contributed by atoms with Gasteiger partial charge < -0.3 is 5.32 Å². The van der Waals surface area contributed by atoms with E-state index in [1.165, 1.54) is 39.0 Å². The zero-order valence-corrected chi connectivity index (χ0v) is 12.2. The molecule has 108 valence electrons. The first kappa shape index (κ1) is 14.8. The average molecular weight is 273 g/mol. The number of carbonyl (C=O) groups is 2. The number of nitrogens with one attached hydrogen (secondary N) is 1. The van der Waals surface area contributed by atoms with Crippen LogP contribution in [-0.2, 0) is 4.79 Å². The van der Waals surface area contributed by atoms with Gasteiger partial charge in [-0.05, 0) is 37.1 Å². The molecule has 0 bridgehead atoms. The summed E-state index contributed by atoms with van der Waals surface area (Å²) in [5.74, 6) is 0.354. The molecule has 0 heterocycles. The highest BCUT2D eigenvalue weighted by atomic mass is 16.1. The molecule has 1 fully saturated rings. The first-order valence-corrected chi connectivity index (χ1v) is 7.58. The summed E-state index contributed by atoms with van der Waals surface area (Å²) in [6.07, 6.45) is 8.20. The van der Waals surface area contributed by atoms with E-state index in [0.717, 1.165) is 24.1 Å². The molecule has 3 heteroatoms. The smallest absolute Gasteiger partial charge is 0.221 e. The summed E-state index contributed by atoms with van der Waals surface area (Å²) in [5, 5.41) is 2.72. The number of anilines is 1. The van der Waals surface area contributed by atoms with Crippen molar-refractivity contribution in [3.8, 4) is 0 Å². The van der Waals surface area contributed by atoms with Gasteiger partial charge in [0.1, 0.15) is 0 Å². The van der Waals surface area contributed by atoms with E-state index in [2.05, 4.69) is 5.32 Å². The molecule has 20 heavy (non-hydrogen) atoms. The number of hydrogen-bond donors (Lipinski definition) is 1. The molecule has 1 N–H and O–H groups in total. The second-order valence-corrected chi connectivity index (χ2v) is 5.66. The largest absolute Gasteiger partial charge is 0.326 e. The van der Waals surface area contributed by atoms with Crippen molar-refractivity contribution in [2.45, 2.75) is 51.9 Å². The van der Waals surface area contributed by atoms with Gasteiger partial charge in [-0.2, -0.15) is 0 Å². The quantitative estimate of drug-likeness (QED) is 0.839. The Morgan fingerprint density at radius 2 is 1.50 bits per heavy atom. The molecule has 2 rings (SSSR count). The Labute approximate surface area is 120 Å². The van der Waals surface area contributed by atoms with Gasteiger partial charge in [0.05, 0.1) is 0 Å². The summed E-state index contributed by atoms with van der Waals surface area (Å²) in [7, 11) is 0. The van der Waals surface area contributed by atoms with Gasteiger partial charge in [-0.3, -0.25) is 9.59 Å². The number of Topliss-reactive ketones (excluding diaryl/α,β-unsaturated/α-hetero) is 1. The summed E-state index contributed by atoms with van der Waals surface area (Å²) in [5.41, 5.74) is 1.51. The van der Waals surface area contributed by atoms with Crippen molar-refractivity contribution in [2.75, 3.05) is 5.32 Å². The van der Waals surface area contributed by atoms with E-state index >= 15 is 0 Å². The van der Waals surface area contributed by atoms with Crippen LogP contribution in [0.2, 0.25) is 0 Å². The Balaban J connectivity index is 2.01. The monoisotopic (exact) mass is 273 g/mol. The summed E-state index contributed by atoms with van der Waals surface area (Å²) in [4.78, 5) is 23.5. The zero-order chi connectivity index (χ0) is 14.4. The average Bonchev–Trinajstić information content (AvgIpc) is 2.38. The first-order chi connectivity index (χ1) is 9.66. The van der Waals surface area contributed by atoms with E-state index < -0.39 is 0 Å². The number of amides is 1. The highest BCUT2D eigenvalue weighted by Crippen LogP contribution is 2.25. The van der Waals surface area contributed by atoms with Gasteiger partial charge in [-0.15, -0.1) is 0 Å². The van der Waals surface area contributed by atoms with Gasteiger partial charge in [0.2, 0.25) is 5.91 Å². The van der Waals surface area contributed by atoms with Crippen LogP contribution in [0.15, 0.2) is 24.3 Å². The normalized spacial score (nSPS) is 17.1. The van der Waals surface area contributed by atoms with Crippen LogP contribution in [-0.4, -0.2) is 11.7 Å². The lowest BCUT2D eigenvalue weighted by Crippen LogP contribution is -2.16. The van der Waals surface area contributed by atoms with E-state index in [-0.39, 0.29) is 17.6 Å². The van der Waals surface area contributed by atoms with Crippen molar-refractivity contribution < 1.29 is 9.59 Å². The maximum atomic E-state index is 12.5. The van der Waals surface area contributed by atoms with E-state index in [1.54, 1.807) is 12.1 Å². The van der Waals surface area contributed by atoms with Crippen molar-refractivity contribution >= 4 is 17.4 Å². The standard InChI is InChI=1S/C17H23NO2/c1-13(19)18-16-11-9-15(10-12-16)17(20)14-7-5-3-2-4-6-8-14/h9-12,14H,2-8H2,1H3,(H,18,19). The summed E-state index contributed by atoms with van der Waals surface area (Å²) in [6, 6.07) is 7.26. The minimum atomic E-state index is -0.0934. The Hall–Kier alpha value is -1.64. The van der Waals surface area contributed by atoms with Crippen LogP contribution in [0.5, 0.6) is 0 Å². The van der Waals surface area contributed by atoms with Gasteiger partial charge in [-0.25, -0.2) is 0 Å². The van der Waals surface area contributed by atoms with E-state index in [9.17, 15) is 9.59 Å². The molecule has 0 saturated heterocycles. The Kier molecular flexibility index (Phi) is 5.33. The second-order valence-electron chi connectivity index (χ2n) is 5.66. The van der Waals surface area contributed by atoms with Crippen LogP contribution in [0.4, 0.5) is 5.69 Å². The van der Waals surface area contributed by atoms with E-state index in [0.29, 0.717) is 0 Å². The van der Waals surface area contributed by atoms with Crippen LogP contribution in [0.1, 0.15) is 62.2 Å². The Bertz CT molecular complexity index is 456. The van der Waals surface area contributed by atoms with Crippen LogP contribution >= 0.6 is 0 Å². The first-order valence-electron chi connectivity index (χ1n) is 7.58.